The van der Waals surface area contributed by atoms with Crippen molar-refractivity contribution >= 4 is 44.7 Å². The van der Waals surface area contributed by atoms with E-state index in [1.54, 1.807) is 24.5 Å². The van der Waals surface area contributed by atoms with Gasteiger partial charge in [-0.2, -0.15) is 5.10 Å². The van der Waals surface area contributed by atoms with E-state index < -0.39 is 0 Å². The highest BCUT2D eigenvalue weighted by molar-refractivity contribution is 7.20. The van der Waals surface area contributed by atoms with E-state index in [9.17, 15) is 4.79 Å². The van der Waals surface area contributed by atoms with Crippen LogP contribution in [0.2, 0.25) is 5.02 Å². The number of pyridine rings is 1. The van der Waals surface area contributed by atoms with Crippen molar-refractivity contribution in [2.75, 3.05) is 5.32 Å². The molecule has 3 heterocycles. The van der Waals surface area contributed by atoms with Crippen molar-refractivity contribution in [3.8, 4) is 0 Å². The smallest absolute Gasteiger partial charge is 0.265 e. The molecule has 0 radical (unpaired) electrons. The minimum Gasteiger partial charge on any atom is -0.321 e. The second-order valence-corrected chi connectivity index (χ2v) is 7.36. The van der Waals surface area contributed by atoms with Crippen LogP contribution >= 0.6 is 22.9 Å². The number of nitrogens with one attached hydrogen (secondary N) is 1. The number of carbonyl (C=O) groups excluding carboxylic acids is 1. The lowest BCUT2D eigenvalue weighted by Gasteiger charge is -2.04. The summed E-state index contributed by atoms with van der Waals surface area (Å²) in [6.07, 6.45) is 3.29. The van der Waals surface area contributed by atoms with Gasteiger partial charge in [0.1, 0.15) is 4.83 Å². The van der Waals surface area contributed by atoms with E-state index in [0.717, 1.165) is 27.2 Å². The molecule has 1 aromatic carbocycles. The van der Waals surface area contributed by atoms with E-state index in [4.69, 9.17) is 11.6 Å². The van der Waals surface area contributed by atoms with Crippen molar-refractivity contribution in [2.45, 2.75) is 13.5 Å². The Morgan fingerprint density at radius 1 is 1.19 bits per heavy atom. The number of rotatable bonds is 4. The van der Waals surface area contributed by atoms with Crippen molar-refractivity contribution in [2.24, 2.45) is 0 Å². The van der Waals surface area contributed by atoms with Crippen molar-refractivity contribution in [1.29, 1.82) is 0 Å². The van der Waals surface area contributed by atoms with Crippen LogP contribution < -0.4 is 5.32 Å². The number of aryl methyl sites for hydroxylation is 1. The molecule has 0 spiro atoms. The summed E-state index contributed by atoms with van der Waals surface area (Å²) in [6.45, 7) is 2.59. The maximum atomic E-state index is 12.5. The van der Waals surface area contributed by atoms with E-state index >= 15 is 0 Å². The lowest BCUT2D eigenvalue weighted by molar-refractivity contribution is 0.103. The molecule has 0 aliphatic heterocycles. The Morgan fingerprint density at radius 2 is 1.92 bits per heavy atom. The fourth-order valence-electron chi connectivity index (χ4n) is 2.72. The largest absolute Gasteiger partial charge is 0.321 e. The first-order valence-corrected chi connectivity index (χ1v) is 9.22. The maximum absolute atomic E-state index is 12.5. The van der Waals surface area contributed by atoms with Crippen molar-refractivity contribution in [3.63, 3.8) is 0 Å². The topological polar surface area (TPSA) is 59.8 Å². The molecule has 4 aromatic rings. The number of halogens is 1. The van der Waals surface area contributed by atoms with Gasteiger partial charge in [0, 0.05) is 28.5 Å². The number of anilines is 1. The van der Waals surface area contributed by atoms with Gasteiger partial charge in [-0.3, -0.25) is 14.5 Å². The molecule has 0 unspecified atom stereocenters. The quantitative estimate of drug-likeness (QED) is 0.553. The highest BCUT2D eigenvalue weighted by Gasteiger charge is 2.16. The first-order valence-electron chi connectivity index (χ1n) is 8.03. The van der Waals surface area contributed by atoms with Gasteiger partial charge in [-0.05, 0) is 42.8 Å². The maximum Gasteiger partial charge on any atom is 0.265 e. The zero-order valence-electron chi connectivity index (χ0n) is 13.9. The summed E-state index contributed by atoms with van der Waals surface area (Å²) < 4.78 is 1.93. The Hall–Kier alpha value is -2.70. The number of aromatic nitrogens is 3. The molecule has 0 atom stereocenters. The summed E-state index contributed by atoms with van der Waals surface area (Å²) in [7, 11) is 0. The Morgan fingerprint density at radius 3 is 2.65 bits per heavy atom. The molecule has 7 heteroatoms. The van der Waals surface area contributed by atoms with Crippen molar-refractivity contribution < 1.29 is 4.79 Å². The number of amides is 1. The van der Waals surface area contributed by atoms with Crippen LogP contribution in [0.4, 0.5) is 5.69 Å². The first-order chi connectivity index (χ1) is 12.6. The molecule has 5 nitrogen and oxygen atoms in total. The molecule has 3 aromatic heterocycles. The minimum absolute atomic E-state index is 0.130. The molecule has 130 valence electrons. The fourth-order valence-corrected chi connectivity index (χ4v) is 3.90. The molecule has 0 aliphatic carbocycles. The molecule has 1 amide bonds. The third-order valence-corrected chi connectivity index (χ3v) is 5.41. The van der Waals surface area contributed by atoms with Crippen LogP contribution in [0.1, 0.15) is 20.9 Å². The number of carbonyl (C=O) groups is 1. The number of thiophene rings is 1. The zero-order valence-corrected chi connectivity index (χ0v) is 15.5. The summed E-state index contributed by atoms with van der Waals surface area (Å²) >= 11 is 7.39. The summed E-state index contributed by atoms with van der Waals surface area (Å²) in [6, 6.07) is 13.1. The summed E-state index contributed by atoms with van der Waals surface area (Å²) in [5.41, 5.74) is 2.74. The standard InChI is InChI=1S/C19H15ClN4OS/c1-12-16-10-17(18(25)22-15-6-8-21-9-7-15)26-19(16)24(23-12)11-13-2-4-14(20)5-3-13/h2-10H,11H2,1H3,(H,21,22,25). The van der Waals surface area contributed by atoms with Gasteiger partial charge < -0.3 is 5.32 Å². The molecule has 0 saturated carbocycles. The fraction of sp³-hybridized carbons (Fsp3) is 0.105. The summed E-state index contributed by atoms with van der Waals surface area (Å²) in [5, 5.41) is 9.21. The lowest BCUT2D eigenvalue weighted by atomic mass is 10.2. The third kappa shape index (κ3) is 3.34. The number of hydrogen-bond acceptors (Lipinski definition) is 4. The van der Waals surface area contributed by atoms with E-state index in [-0.39, 0.29) is 5.91 Å². The van der Waals surface area contributed by atoms with Crippen molar-refractivity contribution in [1.82, 2.24) is 14.8 Å². The average Bonchev–Trinajstić information content (AvgIpc) is 3.20. The number of nitrogens with zero attached hydrogens (tertiary/aromatic N) is 3. The number of hydrogen-bond donors (Lipinski definition) is 1. The van der Waals surface area contributed by atoms with Crippen molar-refractivity contribution in [3.05, 3.63) is 76.0 Å². The van der Waals surface area contributed by atoms with Crippen LogP contribution in [-0.4, -0.2) is 20.7 Å². The minimum atomic E-state index is -0.130. The lowest BCUT2D eigenvalue weighted by Crippen LogP contribution is -2.10. The molecule has 0 fully saturated rings. The molecule has 0 aliphatic rings. The van der Waals surface area contributed by atoms with Gasteiger partial charge in [0.05, 0.1) is 17.1 Å². The van der Waals surface area contributed by atoms with Crippen LogP contribution in [0.3, 0.4) is 0 Å². The van der Waals surface area contributed by atoms with E-state index in [1.165, 1.54) is 11.3 Å². The molecule has 0 saturated heterocycles. The van der Waals surface area contributed by atoms with Gasteiger partial charge in [-0.15, -0.1) is 11.3 Å². The van der Waals surface area contributed by atoms with Crippen LogP contribution in [0.15, 0.2) is 54.9 Å². The van der Waals surface area contributed by atoms with Gasteiger partial charge in [0.2, 0.25) is 0 Å². The molecule has 0 bridgehead atoms. The third-order valence-electron chi connectivity index (χ3n) is 4.01. The second kappa shape index (κ2) is 6.90. The van der Waals surface area contributed by atoms with E-state index in [1.807, 2.05) is 41.9 Å². The van der Waals surface area contributed by atoms with Crippen LogP contribution in [0.5, 0.6) is 0 Å². The van der Waals surface area contributed by atoms with Gasteiger partial charge >= 0.3 is 0 Å². The molecule has 1 N–H and O–H groups in total. The van der Waals surface area contributed by atoms with E-state index in [0.29, 0.717) is 16.4 Å². The number of benzene rings is 1. The molecule has 26 heavy (non-hydrogen) atoms. The monoisotopic (exact) mass is 382 g/mol. The second-order valence-electron chi connectivity index (χ2n) is 5.89. The summed E-state index contributed by atoms with van der Waals surface area (Å²) in [4.78, 5) is 18.1. The Balaban J connectivity index is 1.62. The molecular formula is C19H15ClN4OS. The Kier molecular flexibility index (Phi) is 4.44. The van der Waals surface area contributed by atoms with Gasteiger partial charge in [0.15, 0.2) is 0 Å². The first kappa shape index (κ1) is 16.8. The highest BCUT2D eigenvalue weighted by Crippen LogP contribution is 2.29. The predicted octanol–water partition coefficient (Wildman–Crippen LogP) is 4.76. The SMILES string of the molecule is Cc1nn(Cc2ccc(Cl)cc2)c2sc(C(=O)Nc3ccncc3)cc12. The highest BCUT2D eigenvalue weighted by atomic mass is 35.5. The zero-order chi connectivity index (χ0) is 18.1. The summed E-state index contributed by atoms with van der Waals surface area (Å²) in [5.74, 6) is -0.130. The van der Waals surface area contributed by atoms with E-state index in [2.05, 4.69) is 15.4 Å². The predicted molar refractivity (Wildman–Crippen MR) is 105 cm³/mol. The normalized spacial score (nSPS) is 11.0. The Bertz CT molecular complexity index is 1070. The molecular weight excluding hydrogens is 368 g/mol. The van der Waals surface area contributed by atoms with Gasteiger partial charge in [-0.1, -0.05) is 23.7 Å². The number of fused-ring (bicyclic) bond motifs is 1. The van der Waals surface area contributed by atoms with Crippen LogP contribution in [0.25, 0.3) is 10.2 Å². The molecule has 4 rings (SSSR count). The Labute approximate surface area is 159 Å². The van der Waals surface area contributed by atoms with Gasteiger partial charge in [0.25, 0.3) is 5.91 Å². The van der Waals surface area contributed by atoms with Gasteiger partial charge in [-0.25, -0.2) is 0 Å². The average molecular weight is 383 g/mol. The van der Waals surface area contributed by atoms with Crippen LogP contribution in [0, 0.1) is 6.92 Å². The van der Waals surface area contributed by atoms with Crippen LogP contribution in [-0.2, 0) is 6.54 Å².